The van der Waals surface area contributed by atoms with Gasteiger partial charge in [-0.2, -0.15) is 10.4 Å². The molecule has 230 valence electrons. The second kappa shape index (κ2) is 13.5. The number of pyridine rings is 2. The Morgan fingerprint density at radius 1 is 1.41 bits per heavy atom. The largest absolute Gasteiger partial charge is 0.489 e. The third-order valence-electron chi connectivity index (χ3n) is 7.70. The molecule has 44 heavy (non-hydrogen) atoms. The number of ether oxygens (including phenoxy) is 2. The summed E-state index contributed by atoms with van der Waals surface area (Å²) in [5, 5.41) is 20.3. The fourth-order valence-corrected chi connectivity index (χ4v) is 5.40. The Bertz CT molecular complexity index is 1650. The van der Waals surface area contributed by atoms with Gasteiger partial charge in [0.15, 0.2) is 0 Å². The van der Waals surface area contributed by atoms with E-state index in [1.807, 2.05) is 24.8 Å². The van der Waals surface area contributed by atoms with Crippen molar-refractivity contribution in [1.29, 1.82) is 5.26 Å². The Labute approximate surface area is 259 Å². The van der Waals surface area contributed by atoms with Crippen LogP contribution in [0.25, 0.3) is 5.52 Å². The van der Waals surface area contributed by atoms with Crippen LogP contribution in [0.1, 0.15) is 48.3 Å². The van der Waals surface area contributed by atoms with Crippen molar-refractivity contribution in [2.24, 2.45) is 9.98 Å². The number of nitrogens with zero attached hydrogens (tertiary/aromatic N) is 7. The molecule has 14 heteroatoms. The first-order valence-corrected chi connectivity index (χ1v) is 14.5. The lowest BCUT2D eigenvalue weighted by Gasteiger charge is -2.40. The maximum atomic E-state index is 13.4. The van der Waals surface area contributed by atoms with Crippen LogP contribution in [-0.2, 0) is 4.74 Å². The third kappa shape index (κ3) is 7.05. The van der Waals surface area contributed by atoms with Crippen LogP contribution in [0.2, 0.25) is 5.02 Å². The molecule has 0 bridgehead atoms. The second-order valence-electron chi connectivity index (χ2n) is 10.9. The Morgan fingerprint density at radius 3 is 2.89 bits per heavy atom. The van der Waals surface area contributed by atoms with Gasteiger partial charge in [-0.15, -0.1) is 0 Å². The number of aliphatic imine (C=N–C) groups is 2. The summed E-state index contributed by atoms with van der Waals surface area (Å²) < 4.78 is 26.8. The summed E-state index contributed by atoms with van der Waals surface area (Å²) in [4.78, 5) is 27.6. The number of morpholine rings is 1. The van der Waals surface area contributed by atoms with E-state index < -0.39 is 17.3 Å². The summed E-state index contributed by atoms with van der Waals surface area (Å²) in [6, 6.07) is 5.11. The summed E-state index contributed by atoms with van der Waals surface area (Å²) in [5.74, 6) is 0.0782. The zero-order valence-corrected chi connectivity index (χ0v) is 25.3. The zero-order valence-electron chi connectivity index (χ0n) is 24.5. The molecule has 0 unspecified atom stereocenters. The van der Waals surface area contributed by atoms with E-state index in [1.165, 1.54) is 6.20 Å². The standard InChI is InChI=1S/C30H33ClFN9O3/c1-19(24-11-22(44-18-23-15-35-6-9-43-23)17-41-28(24)20(12-33)13-38-41)36-16-26(34-3)40-7-4-30(2,5-8-40)39-29(42)27-25(31)10-21(32)14-37-27/h10-11,13-14,16-17,23,35H,3-9,15,18H2,1-2H3,(H,39,42)/b26-16+,36-19+/t23-/m1/s1. The Hall–Kier alpha value is -4.38. The quantitative estimate of drug-likeness (QED) is 0.347. The first-order chi connectivity index (χ1) is 21.2. The number of hydrogen-bond donors (Lipinski definition) is 2. The lowest BCUT2D eigenvalue weighted by atomic mass is 9.89. The van der Waals surface area contributed by atoms with Crippen molar-refractivity contribution in [3.63, 3.8) is 0 Å². The molecule has 0 radical (unpaired) electrons. The topological polar surface area (TPSA) is 142 Å². The Morgan fingerprint density at radius 2 is 2.20 bits per heavy atom. The van der Waals surface area contributed by atoms with Gasteiger partial charge in [0, 0.05) is 43.0 Å². The highest BCUT2D eigenvalue weighted by Gasteiger charge is 2.33. The molecule has 0 saturated carbocycles. The molecule has 2 fully saturated rings. The van der Waals surface area contributed by atoms with Crippen LogP contribution < -0.4 is 15.4 Å². The van der Waals surface area contributed by atoms with Crippen molar-refractivity contribution in [2.45, 2.75) is 38.3 Å². The molecular formula is C30H33ClFN9O3. The van der Waals surface area contributed by atoms with Crippen LogP contribution in [0.5, 0.6) is 5.75 Å². The Balaban J connectivity index is 1.30. The van der Waals surface area contributed by atoms with Gasteiger partial charge in [-0.25, -0.2) is 18.9 Å². The average molecular weight is 622 g/mol. The van der Waals surface area contributed by atoms with E-state index in [1.54, 1.807) is 16.9 Å². The minimum atomic E-state index is -0.608. The number of halogens is 2. The molecule has 5 rings (SSSR count). The highest BCUT2D eigenvalue weighted by Crippen LogP contribution is 2.27. The molecule has 5 heterocycles. The van der Waals surface area contributed by atoms with Gasteiger partial charge < -0.3 is 25.0 Å². The minimum Gasteiger partial charge on any atom is -0.489 e. The summed E-state index contributed by atoms with van der Waals surface area (Å²) in [6.07, 6.45) is 7.00. The van der Waals surface area contributed by atoms with Crippen LogP contribution in [-0.4, -0.2) is 88.9 Å². The van der Waals surface area contributed by atoms with Gasteiger partial charge in [0.25, 0.3) is 5.91 Å². The van der Waals surface area contributed by atoms with Crippen molar-refractivity contribution in [3.8, 4) is 11.8 Å². The minimum absolute atomic E-state index is 0.0180. The van der Waals surface area contributed by atoms with Gasteiger partial charge in [0.1, 0.15) is 41.9 Å². The van der Waals surface area contributed by atoms with Crippen molar-refractivity contribution < 1.29 is 18.7 Å². The molecule has 2 saturated heterocycles. The van der Waals surface area contributed by atoms with E-state index in [0.717, 1.165) is 18.8 Å². The van der Waals surface area contributed by atoms with Crippen molar-refractivity contribution in [3.05, 3.63) is 70.4 Å². The van der Waals surface area contributed by atoms with E-state index >= 15 is 0 Å². The van der Waals surface area contributed by atoms with E-state index in [-0.39, 0.29) is 16.8 Å². The number of nitriles is 1. The number of amides is 1. The maximum absolute atomic E-state index is 13.4. The molecule has 1 atom stereocenters. The monoisotopic (exact) mass is 621 g/mol. The van der Waals surface area contributed by atoms with E-state index in [9.17, 15) is 14.4 Å². The fourth-order valence-electron chi connectivity index (χ4n) is 5.17. The highest BCUT2D eigenvalue weighted by atomic mass is 35.5. The van der Waals surface area contributed by atoms with Crippen LogP contribution in [0, 0.1) is 17.1 Å². The van der Waals surface area contributed by atoms with Gasteiger partial charge in [-0.1, -0.05) is 11.6 Å². The summed E-state index contributed by atoms with van der Waals surface area (Å²) >= 11 is 6.03. The molecule has 1 amide bonds. The fraction of sp³-hybridized carbons (Fsp3) is 0.400. The molecule has 3 aromatic rings. The predicted molar refractivity (Wildman–Crippen MR) is 164 cm³/mol. The van der Waals surface area contributed by atoms with Crippen LogP contribution in [0.3, 0.4) is 0 Å². The van der Waals surface area contributed by atoms with Crippen molar-refractivity contribution in [1.82, 2.24) is 30.1 Å². The summed E-state index contributed by atoms with van der Waals surface area (Å²) in [6.45, 7) is 11.2. The predicted octanol–water partition coefficient (Wildman–Crippen LogP) is 3.35. The highest BCUT2D eigenvalue weighted by molar-refractivity contribution is 6.33. The first kappa shape index (κ1) is 31.1. The average Bonchev–Trinajstić information content (AvgIpc) is 3.44. The number of rotatable bonds is 9. The van der Waals surface area contributed by atoms with Crippen LogP contribution in [0.15, 0.2) is 52.7 Å². The molecule has 3 aromatic heterocycles. The van der Waals surface area contributed by atoms with E-state index in [4.69, 9.17) is 26.1 Å². The molecule has 0 aromatic carbocycles. The summed E-state index contributed by atoms with van der Waals surface area (Å²) in [7, 11) is 0. The second-order valence-corrected chi connectivity index (χ2v) is 11.3. The number of fused-ring (bicyclic) bond motifs is 1. The van der Waals surface area contributed by atoms with E-state index in [2.05, 4.69) is 38.5 Å². The number of piperidine rings is 1. The molecule has 12 nitrogen and oxygen atoms in total. The molecular weight excluding hydrogens is 589 g/mol. The van der Waals surface area contributed by atoms with Gasteiger partial charge >= 0.3 is 0 Å². The SMILES string of the molecule is C=N/C(=C\N=C(/C)c1cc(OC[C@H]2CNCCO2)cn2ncc(C#N)c12)N1CCC(C)(NC(=O)c2ncc(F)cc2Cl)CC1. The van der Waals surface area contributed by atoms with E-state index in [0.29, 0.717) is 79.6 Å². The Kier molecular flexibility index (Phi) is 9.53. The lowest BCUT2D eigenvalue weighted by Crippen LogP contribution is -2.53. The number of hydrogen-bond acceptors (Lipinski definition) is 10. The smallest absolute Gasteiger partial charge is 0.271 e. The van der Waals surface area contributed by atoms with Crippen molar-refractivity contribution >= 4 is 35.5 Å². The van der Waals surface area contributed by atoms with Gasteiger partial charge in [-0.05, 0) is 45.5 Å². The van der Waals surface area contributed by atoms with Crippen LogP contribution >= 0.6 is 11.6 Å². The number of carbonyl (C=O) groups is 1. The van der Waals surface area contributed by atoms with Crippen molar-refractivity contribution in [2.75, 3.05) is 39.4 Å². The zero-order chi connectivity index (χ0) is 31.3. The first-order valence-electron chi connectivity index (χ1n) is 14.2. The number of nitrogens with one attached hydrogen (secondary N) is 2. The molecule has 0 spiro atoms. The number of likely N-dealkylation sites (tertiary alicyclic amines) is 1. The lowest BCUT2D eigenvalue weighted by molar-refractivity contribution is 0.0000952. The number of carbonyl (C=O) groups excluding carboxylic acids is 1. The van der Waals surface area contributed by atoms with Crippen LogP contribution in [0.4, 0.5) is 4.39 Å². The molecule has 2 aliphatic heterocycles. The van der Waals surface area contributed by atoms with Gasteiger partial charge in [0.2, 0.25) is 0 Å². The maximum Gasteiger partial charge on any atom is 0.271 e. The molecule has 2 N–H and O–H groups in total. The normalized spacial score (nSPS) is 19.0. The van der Waals surface area contributed by atoms with Gasteiger partial charge in [-0.3, -0.25) is 9.79 Å². The third-order valence-corrected chi connectivity index (χ3v) is 7.99. The number of aromatic nitrogens is 3. The molecule has 2 aliphatic rings. The summed E-state index contributed by atoms with van der Waals surface area (Å²) in [5.41, 5.74) is 1.82. The van der Waals surface area contributed by atoms with Gasteiger partial charge in [0.05, 0.1) is 47.5 Å². The molecule has 0 aliphatic carbocycles.